The number of benzene rings is 1. The van der Waals surface area contributed by atoms with Gasteiger partial charge in [0, 0.05) is 6.07 Å². The maximum absolute atomic E-state index is 9.04. The van der Waals surface area contributed by atoms with Crippen molar-refractivity contribution in [2.75, 3.05) is 5.73 Å². The van der Waals surface area contributed by atoms with Crippen molar-refractivity contribution in [3.05, 3.63) is 21.6 Å². The van der Waals surface area contributed by atoms with Crippen LogP contribution in [0.4, 0.5) is 5.69 Å². The van der Waals surface area contributed by atoms with Crippen LogP contribution in [-0.2, 0) is 0 Å². The summed E-state index contributed by atoms with van der Waals surface area (Å²) < 4.78 is 0.548. The summed E-state index contributed by atoms with van der Waals surface area (Å²) in [5, 5.41) is 9.47. The number of hydrogen-bond acceptors (Lipinski definition) is 2. The Kier molecular flexibility index (Phi) is 2.06. The van der Waals surface area contributed by atoms with Gasteiger partial charge in [-0.2, -0.15) is 0 Å². The predicted octanol–water partition coefficient (Wildman–Crippen LogP) is 2.39. The van der Waals surface area contributed by atoms with Gasteiger partial charge in [-0.15, -0.1) is 0 Å². The molecule has 0 aliphatic rings. The Morgan fingerprint density at radius 1 is 1.50 bits per heavy atom. The molecule has 0 fully saturated rings. The number of nitrogens with two attached hydrogens (primary N) is 1. The molecule has 0 radical (unpaired) electrons. The van der Waals surface area contributed by atoms with Gasteiger partial charge in [0.1, 0.15) is 5.75 Å². The lowest BCUT2D eigenvalue weighted by Gasteiger charge is -1.99. The van der Waals surface area contributed by atoms with Crippen LogP contribution in [0.3, 0.4) is 0 Å². The minimum absolute atomic E-state index is 0.0990. The Morgan fingerprint density at radius 2 is 2.10 bits per heavy atom. The van der Waals surface area contributed by atoms with E-state index >= 15 is 0 Å². The van der Waals surface area contributed by atoms with E-state index in [1.807, 2.05) is 0 Å². The molecular formula is C6H5BrClNO. The quantitative estimate of drug-likeness (QED) is 0.662. The SMILES string of the molecule is Nc1cc(O)c(Br)cc1Cl. The maximum atomic E-state index is 9.04. The highest BCUT2D eigenvalue weighted by molar-refractivity contribution is 9.10. The molecule has 0 spiro atoms. The zero-order valence-corrected chi connectivity index (χ0v) is 7.28. The highest BCUT2D eigenvalue weighted by Gasteiger charge is 2.01. The zero-order valence-electron chi connectivity index (χ0n) is 4.94. The van der Waals surface area contributed by atoms with E-state index in [1.165, 1.54) is 6.07 Å². The van der Waals surface area contributed by atoms with Crippen molar-refractivity contribution in [2.45, 2.75) is 0 Å². The van der Waals surface area contributed by atoms with Crippen molar-refractivity contribution in [3.63, 3.8) is 0 Å². The van der Waals surface area contributed by atoms with Gasteiger partial charge in [-0.1, -0.05) is 11.6 Å². The zero-order chi connectivity index (χ0) is 7.72. The Balaban J connectivity index is 3.28. The summed E-state index contributed by atoms with van der Waals surface area (Å²) in [7, 11) is 0. The van der Waals surface area contributed by atoms with Crippen molar-refractivity contribution in [1.29, 1.82) is 0 Å². The van der Waals surface area contributed by atoms with E-state index in [0.717, 1.165) is 0 Å². The second-order valence-electron chi connectivity index (χ2n) is 1.83. The third kappa shape index (κ3) is 1.36. The van der Waals surface area contributed by atoms with E-state index in [4.69, 9.17) is 22.4 Å². The Labute approximate surface area is 71.7 Å². The van der Waals surface area contributed by atoms with Crippen LogP contribution in [0.25, 0.3) is 0 Å². The molecule has 0 saturated carbocycles. The monoisotopic (exact) mass is 221 g/mol. The highest BCUT2D eigenvalue weighted by atomic mass is 79.9. The molecule has 0 bridgehead atoms. The molecule has 0 unspecified atom stereocenters. The van der Waals surface area contributed by atoms with Gasteiger partial charge in [-0.25, -0.2) is 0 Å². The van der Waals surface area contributed by atoms with Crippen LogP contribution in [0, 0.1) is 0 Å². The average molecular weight is 222 g/mol. The number of phenolic OH excluding ortho intramolecular Hbond substituents is 1. The normalized spacial score (nSPS) is 9.80. The van der Waals surface area contributed by atoms with Crippen LogP contribution in [0.2, 0.25) is 5.02 Å². The Bertz CT molecular complexity index is 214. The first kappa shape index (κ1) is 7.69. The van der Waals surface area contributed by atoms with Gasteiger partial charge >= 0.3 is 0 Å². The number of hydrogen-bond donors (Lipinski definition) is 2. The van der Waals surface area contributed by atoms with Crippen LogP contribution >= 0.6 is 27.5 Å². The first-order chi connectivity index (χ1) is 4.61. The minimum atomic E-state index is 0.0990. The Morgan fingerprint density at radius 3 is 2.60 bits per heavy atom. The average Bonchev–Trinajstić information content (AvgIpc) is 1.84. The molecule has 0 saturated heterocycles. The van der Waals surface area contributed by atoms with Crippen LogP contribution in [0.5, 0.6) is 5.75 Å². The molecule has 0 heterocycles. The molecule has 1 rings (SSSR count). The summed E-state index contributed by atoms with van der Waals surface area (Å²) in [6.07, 6.45) is 0. The molecule has 1 aromatic carbocycles. The highest BCUT2D eigenvalue weighted by Crippen LogP contribution is 2.31. The molecule has 10 heavy (non-hydrogen) atoms. The van der Waals surface area contributed by atoms with Gasteiger partial charge < -0.3 is 10.8 Å². The van der Waals surface area contributed by atoms with Crippen LogP contribution in [0.1, 0.15) is 0 Å². The lowest BCUT2D eigenvalue weighted by atomic mass is 10.3. The van der Waals surface area contributed by atoms with E-state index < -0.39 is 0 Å². The third-order valence-electron chi connectivity index (χ3n) is 1.07. The van der Waals surface area contributed by atoms with E-state index in [-0.39, 0.29) is 5.75 Å². The van der Waals surface area contributed by atoms with E-state index in [1.54, 1.807) is 6.07 Å². The smallest absolute Gasteiger partial charge is 0.131 e. The van der Waals surface area contributed by atoms with Crippen molar-refractivity contribution in [1.82, 2.24) is 0 Å². The van der Waals surface area contributed by atoms with Gasteiger partial charge in [0.25, 0.3) is 0 Å². The van der Waals surface area contributed by atoms with Crippen molar-refractivity contribution >= 4 is 33.2 Å². The second kappa shape index (κ2) is 2.68. The molecule has 2 nitrogen and oxygen atoms in total. The fourth-order valence-corrected chi connectivity index (χ4v) is 1.19. The summed E-state index contributed by atoms with van der Waals surface area (Å²) in [5.41, 5.74) is 5.75. The molecule has 54 valence electrons. The standard InChI is InChI=1S/C6H5BrClNO/c7-3-1-4(8)5(9)2-6(3)10/h1-2,10H,9H2. The minimum Gasteiger partial charge on any atom is -0.507 e. The van der Waals surface area contributed by atoms with E-state index in [2.05, 4.69) is 15.9 Å². The molecule has 4 heteroatoms. The summed E-state index contributed by atoms with van der Waals surface area (Å²) in [6, 6.07) is 2.94. The molecule has 1 aromatic rings. The van der Waals surface area contributed by atoms with E-state index in [0.29, 0.717) is 15.2 Å². The van der Waals surface area contributed by atoms with E-state index in [9.17, 15) is 0 Å². The molecule has 0 aromatic heterocycles. The van der Waals surface area contributed by atoms with Crippen molar-refractivity contribution < 1.29 is 5.11 Å². The molecular weight excluding hydrogens is 217 g/mol. The van der Waals surface area contributed by atoms with Gasteiger partial charge in [0.15, 0.2) is 0 Å². The van der Waals surface area contributed by atoms with Gasteiger partial charge in [-0.05, 0) is 22.0 Å². The topological polar surface area (TPSA) is 46.2 Å². The second-order valence-corrected chi connectivity index (χ2v) is 3.09. The van der Waals surface area contributed by atoms with Crippen LogP contribution in [-0.4, -0.2) is 5.11 Å². The first-order valence-corrected chi connectivity index (χ1v) is 3.72. The molecule has 0 aliphatic carbocycles. The van der Waals surface area contributed by atoms with Crippen LogP contribution in [0.15, 0.2) is 16.6 Å². The summed E-state index contributed by atoms with van der Waals surface area (Å²) in [6.45, 7) is 0. The Hall–Kier alpha value is -0.410. The third-order valence-corrected chi connectivity index (χ3v) is 2.03. The number of nitrogen functional groups attached to an aromatic ring is 1. The van der Waals surface area contributed by atoms with Crippen molar-refractivity contribution in [3.8, 4) is 5.75 Å². The van der Waals surface area contributed by atoms with Crippen LogP contribution < -0.4 is 5.73 Å². The predicted molar refractivity (Wildman–Crippen MR) is 45.2 cm³/mol. The van der Waals surface area contributed by atoms with Gasteiger partial charge in [0.05, 0.1) is 15.2 Å². The fraction of sp³-hybridized carbons (Fsp3) is 0. The molecule has 0 aliphatic heterocycles. The van der Waals surface area contributed by atoms with Crippen molar-refractivity contribution in [2.24, 2.45) is 0 Å². The number of rotatable bonds is 0. The lowest BCUT2D eigenvalue weighted by molar-refractivity contribution is 0.472. The van der Waals surface area contributed by atoms with Gasteiger partial charge in [0.2, 0.25) is 0 Å². The number of anilines is 1. The summed E-state index contributed by atoms with van der Waals surface area (Å²) >= 11 is 8.71. The summed E-state index contributed by atoms with van der Waals surface area (Å²) in [5.74, 6) is 0.0990. The number of phenols is 1. The first-order valence-electron chi connectivity index (χ1n) is 2.54. The summed E-state index contributed by atoms with van der Waals surface area (Å²) in [4.78, 5) is 0. The molecule has 0 amide bonds. The molecule has 3 N–H and O–H groups in total. The number of aromatic hydroxyl groups is 1. The number of halogens is 2. The fourth-order valence-electron chi connectivity index (χ4n) is 0.554. The largest absolute Gasteiger partial charge is 0.507 e. The lowest BCUT2D eigenvalue weighted by Crippen LogP contribution is -1.85. The maximum Gasteiger partial charge on any atom is 0.131 e. The van der Waals surface area contributed by atoms with Gasteiger partial charge in [-0.3, -0.25) is 0 Å². The molecule has 0 atom stereocenters.